The van der Waals surface area contributed by atoms with E-state index in [-0.39, 0.29) is 30.9 Å². The average Bonchev–Trinajstić information content (AvgIpc) is 3.55. The first-order valence-corrected chi connectivity index (χ1v) is 15.4. The van der Waals surface area contributed by atoms with Crippen molar-refractivity contribution in [2.45, 2.75) is 67.5 Å². The first kappa shape index (κ1) is 29.4. The summed E-state index contributed by atoms with van der Waals surface area (Å²) in [4.78, 5) is 45.8. The molecule has 2 aromatic carbocycles. The number of unbranched alkanes of at least 4 members (excludes halogenated alkanes) is 2. The maximum Gasteiger partial charge on any atom is 0.311 e. The highest BCUT2D eigenvalue weighted by atomic mass is 32.2. The van der Waals surface area contributed by atoms with Crippen LogP contribution in [-0.4, -0.2) is 69.1 Å². The predicted octanol–water partition coefficient (Wildman–Crippen LogP) is 5.12. The van der Waals surface area contributed by atoms with E-state index >= 15 is 0 Å². The number of allylic oxidation sites excluding steroid dienone is 1. The molecule has 41 heavy (non-hydrogen) atoms. The molecule has 218 valence electrons. The van der Waals surface area contributed by atoms with Crippen LogP contribution in [0.1, 0.15) is 46.0 Å². The van der Waals surface area contributed by atoms with Gasteiger partial charge in [-0.05, 0) is 68.9 Å². The van der Waals surface area contributed by atoms with Gasteiger partial charge in [-0.15, -0.1) is 24.9 Å². The lowest BCUT2D eigenvalue weighted by molar-refractivity contribution is -0.156. The highest BCUT2D eigenvalue weighted by molar-refractivity contribution is 8.02. The summed E-state index contributed by atoms with van der Waals surface area (Å²) in [7, 11) is 0. The summed E-state index contributed by atoms with van der Waals surface area (Å²) in [6.07, 6.45) is 7.35. The van der Waals surface area contributed by atoms with Crippen LogP contribution in [0.5, 0.6) is 0 Å². The van der Waals surface area contributed by atoms with Crippen molar-refractivity contribution >= 4 is 46.0 Å². The number of anilines is 1. The van der Waals surface area contributed by atoms with Crippen molar-refractivity contribution < 1.29 is 24.2 Å². The molecule has 0 saturated carbocycles. The number of amides is 2. The second-order valence-corrected chi connectivity index (χ2v) is 13.6. The van der Waals surface area contributed by atoms with Gasteiger partial charge in [0.25, 0.3) is 5.91 Å². The Hall–Kier alpha value is -3.10. The molecular weight excluding hydrogens is 536 g/mol. The molecule has 3 heterocycles. The highest BCUT2D eigenvalue weighted by Gasteiger charge is 2.78. The molecule has 3 aliphatic rings. The Morgan fingerprint density at radius 3 is 2.63 bits per heavy atom. The number of hydrogen-bond acceptors (Lipinski definition) is 6. The lowest BCUT2D eigenvalue weighted by atomic mass is 9.66. The minimum Gasteiger partial charge on any atom is -0.465 e. The molecular formula is C33H40N2O5S. The number of nitrogens with zero attached hydrogens (tertiary/aromatic N) is 2. The van der Waals surface area contributed by atoms with Crippen LogP contribution in [0.4, 0.5) is 5.69 Å². The van der Waals surface area contributed by atoms with Crippen LogP contribution in [0.3, 0.4) is 0 Å². The van der Waals surface area contributed by atoms with Crippen molar-refractivity contribution in [2.24, 2.45) is 11.8 Å². The molecule has 0 radical (unpaired) electrons. The zero-order valence-corrected chi connectivity index (χ0v) is 24.8. The SMILES string of the molecule is C=CCCCCOC(=O)[C@@H]1[C@H]2C(=O)N([C@H](C)CO)C(C(=O)N(CC=C)c3ccc4ccccc4c3)C23CC[C@@]1(C)S3. The molecule has 2 amide bonds. The van der Waals surface area contributed by atoms with Crippen LogP contribution in [0, 0.1) is 11.8 Å². The van der Waals surface area contributed by atoms with Gasteiger partial charge in [-0.2, -0.15) is 0 Å². The van der Waals surface area contributed by atoms with E-state index < -0.39 is 33.4 Å². The summed E-state index contributed by atoms with van der Waals surface area (Å²) in [5.41, 5.74) is 0.719. The maximum atomic E-state index is 14.7. The normalized spacial score (nSPS) is 28.9. The minimum atomic E-state index is -0.828. The molecule has 3 saturated heterocycles. The zero-order chi connectivity index (χ0) is 29.4. The van der Waals surface area contributed by atoms with Crippen molar-refractivity contribution in [3.8, 4) is 0 Å². The van der Waals surface area contributed by atoms with E-state index in [0.29, 0.717) is 19.4 Å². The number of rotatable bonds is 12. The second kappa shape index (κ2) is 11.6. The molecule has 8 heteroatoms. The van der Waals surface area contributed by atoms with Gasteiger partial charge >= 0.3 is 5.97 Å². The lowest BCUT2D eigenvalue weighted by Gasteiger charge is -2.38. The van der Waals surface area contributed by atoms with Gasteiger partial charge in [0, 0.05) is 17.0 Å². The first-order chi connectivity index (χ1) is 19.7. The van der Waals surface area contributed by atoms with Crippen LogP contribution in [0.15, 0.2) is 67.8 Å². The summed E-state index contributed by atoms with van der Waals surface area (Å²) in [5, 5.41) is 12.3. The molecule has 2 aromatic rings. The number of thioether (sulfide) groups is 1. The highest BCUT2D eigenvalue weighted by Crippen LogP contribution is 2.71. The van der Waals surface area contributed by atoms with E-state index in [1.807, 2.05) is 55.5 Å². The summed E-state index contributed by atoms with van der Waals surface area (Å²) in [6.45, 7) is 11.7. The van der Waals surface area contributed by atoms with Gasteiger partial charge in [-0.25, -0.2) is 0 Å². The summed E-state index contributed by atoms with van der Waals surface area (Å²) < 4.78 is 4.46. The molecule has 3 fully saturated rings. The monoisotopic (exact) mass is 576 g/mol. The first-order valence-electron chi connectivity index (χ1n) is 14.5. The average molecular weight is 577 g/mol. The number of likely N-dealkylation sites (tertiary alicyclic amines) is 1. The molecule has 0 aromatic heterocycles. The van der Waals surface area contributed by atoms with Gasteiger partial charge in [-0.3, -0.25) is 14.4 Å². The van der Waals surface area contributed by atoms with E-state index in [4.69, 9.17) is 4.74 Å². The summed E-state index contributed by atoms with van der Waals surface area (Å²) in [5.74, 6) is -2.15. The van der Waals surface area contributed by atoms with Gasteiger partial charge < -0.3 is 19.6 Å². The summed E-state index contributed by atoms with van der Waals surface area (Å²) in [6, 6.07) is 12.4. The van der Waals surface area contributed by atoms with Gasteiger partial charge in [0.05, 0.1) is 35.8 Å². The Balaban J connectivity index is 1.52. The Kier molecular flexibility index (Phi) is 8.35. The molecule has 6 atom stereocenters. The topological polar surface area (TPSA) is 87.1 Å². The fraction of sp³-hybridized carbons (Fsp3) is 0.485. The van der Waals surface area contributed by atoms with Crippen molar-refractivity contribution in [1.29, 1.82) is 0 Å². The minimum absolute atomic E-state index is 0.216. The Morgan fingerprint density at radius 1 is 1.17 bits per heavy atom. The molecule has 2 unspecified atom stereocenters. The van der Waals surface area contributed by atoms with Crippen LogP contribution in [0.25, 0.3) is 10.8 Å². The molecule has 0 aliphatic carbocycles. The quantitative estimate of drug-likeness (QED) is 0.214. The third-order valence-electron chi connectivity index (χ3n) is 9.11. The number of carbonyl (C=O) groups is 3. The van der Waals surface area contributed by atoms with Crippen molar-refractivity contribution in [1.82, 2.24) is 4.90 Å². The van der Waals surface area contributed by atoms with Crippen LogP contribution in [0.2, 0.25) is 0 Å². The number of esters is 1. The Morgan fingerprint density at radius 2 is 1.93 bits per heavy atom. The molecule has 5 rings (SSSR count). The number of aliphatic hydroxyl groups excluding tert-OH is 1. The van der Waals surface area contributed by atoms with Gasteiger partial charge in [0.1, 0.15) is 6.04 Å². The largest absolute Gasteiger partial charge is 0.465 e. The fourth-order valence-electron chi connectivity index (χ4n) is 7.16. The number of fused-ring (bicyclic) bond motifs is 2. The summed E-state index contributed by atoms with van der Waals surface area (Å²) >= 11 is 1.61. The van der Waals surface area contributed by atoms with Gasteiger partial charge in [0.2, 0.25) is 5.91 Å². The maximum absolute atomic E-state index is 14.7. The van der Waals surface area contributed by atoms with Crippen LogP contribution >= 0.6 is 11.8 Å². The zero-order valence-electron chi connectivity index (χ0n) is 24.0. The molecule has 3 aliphatic heterocycles. The number of aliphatic hydroxyl groups is 1. The van der Waals surface area contributed by atoms with E-state index in [2.05, 4.69) is 13.2 Å². The Labute approximate surface area is 246 Å². The third kappa shape index (κ3) is 4.89. The van der Waals surface area contributed by atoms with Gasteiger partial charge in [-0.1, -0.05) is 42.5 Å². The smallest absolute Gasteiger partial charge is 0.311 e. The lowest BCUT2D eigenvalue weighted by Crippen LogP contribution is -2.57. The molecule has 2 bridgehead atoms. The number of ether oxygens (including phenoxy) is 1. The third-order valence-corrected chi connectivity index (χ3v) is 11.1. The van der Waals surface area contributed by atoms with E-state index in [1.54, 1.807) is 34.6 Å². The fourth-order valence-corrected chi connectivity index (χ4v) is 9.49. The van der Waals surface area contributed by atoms with Crippen molar-refractivity contribution in [2.75, 3.05) is 24.7 Å². The van der Waals surface area contributed by atoms with E-state index in [1.165, 1.54) is 0 Å². The predicted molar refractivity (Wildman–Crippen MR) is 164 cm³/mol. The van der Waals surface area contributed by atoms with Crippen LogP contribution < -0.4 is 4.90 Å². The van der Waals surface area contributed by atoms with Gasteiger partial charge in [0.15, 0.2) is 0 Å². The number of hydrogen-bond donors (Lipinski definition) is 1. The standard InChI is InChI=1S/C33H40N2O5S/c1-5-7-8-11-19-40-31(39)27-26-29(37)35(22(3)21-36)28(33(26)17-16-32(27,4)41-33)30(38)34(18-6-2)25-15-14-23-12-9-10-13-24(23)20-25/h5-6,9-10,12-15,20,22,26-28,36H,1-2,7-8,11,16-19,21H2,3-4H3/t22-,26+,27+,28?,32-,33?/m1/s1. The number of benzene rings is 2. The van der Waals surface area contributed by atoms with Crippen molar-refractivity contribution in [3.05, 3.63) is 67.8 Å². The van der Waals surface area contributed by atoms with E-state index in [9.17, 15) is 19.5 Å². The Bertz CT molecular complexity index is 1360. The van der Waals surface area contributed by atoms with Crippen LogP contribution in [-0.2, 0) is 19.1 Å². The molecule has 1 spiro atoms. The molecule has 7 nitrogen and oxygen atoms in total. The number of carbonyl (C=O) groups excluding carboxylic acids is 3. The van der Waals surface area contributed by atoms with E-state index in [0.717, 1.165) is 35.7 Å². The molecule has 1 N–H and O–H groups in total. The second-order valence-electron chi connectivity index (χ2n) is 11.7. The van der Waals surface area contributed by atoms with Crippen molar-refractivity contribution in [3.63, 3.8) is 0 Å².